The van der Waals surface area contributed by atoms with Gasteiger partial charge in [0.15, 0.2) is 0 Å². The summed E-state index contributed by atoms with van der Waals surface area (Å²) in [5.74, 6) is -0.413. The molecule has 0 aromatic heterocycles. The van der Waals surface area contributed by atoms with Crippen molar-refractivity contribution in [2.24, 2.45) is 0 Å². The summed E-state index contributed by atoms with van der Waals surface area (Å²) in [4.78, 5) is 21.3. The number of esters is 1. The number of carbonyl (C=O) groups is 2. The molecule has 7 nitrogen and oxygen atoms in total. The molecule has 1 aromatic carbocycles. The lowest BCUT2D eigenvalue weighted by Gasteiger charge is -2.27. The van der Waals surface area contributed by atoms with Crippen LogP contribution in [0.2, 0.25) is 0 Å². The van der Waals surface area contributed by atoms with Gasteiger partial charge in [-0.15, -0.1) is 0 Å². The van der Waals surface area contributed by atoms with E-state index < -0.39 is 28.1 Å². The SMILES string of the molecule is CC(=O)OC[C@@H]1[CH][CH][C@H](NS(=O)(=O)c2ccc(C=O)cc2)[CH]O1. The number of aldehydes is 1. The third-order valence-electron chi connectivity index (χ3n) is 3.00. The molecule has 0 bridgehead atoms. The van der Waals surface area contributed by atoms with Crippen molar-refractivity contribution < 1.29 is 27.5 Å². The normalized spacial score (nSPS) is 21.6. The molecule has 1 fully saturated rings. The van der Waals surface area contributed by atoms with E-state index in [-0.39, 0.29) is 11.5 Å². The van der Waals surface area contributed by atoms with Crippen molar-refractivity contribution in [2.75, 3.05) is 6.61 Å². The van der Waals surface area contributed by atoms with Crippen LogP contribution in [0.4, 0.5) is 0 Å². The minimum Gasteiger partial charge on any atom is -0.463 e. The van der Waals surface area contributed by atoms with Gasteiger partial charge in [-0.2, -0.15) is 0 Å². The molecule has 8 heteroatoms. The third kappa shape index (κ3) is 5.12. The second-order valence-corrected chi connectivity index (χ2v) is 6.55. The van der Waals surface area contributed by atoms with Gasteiger partial charge in [-0.1, -0.05) is 12.1 Å². The van der Waals surface area contributed by atoms with Crippen LogP contribution >= 0.6 is 0 Å². The number of nitrogens with one attached hydrogen (secondary N) is 1. The van der Waals surface area contributed by atoms with Gasteiger partial charge in [0.2, 0.25) is 10.0 Å². The lowest BCUT2D eigenvalue weighted by Crippen LogP contribution is -2.41. The van der Waals surface area contributed by atoms with Gasteiger partial charge in [0.05, 0.1) is 17.0 Å². The number of sulfonamides is 1. The van der Waals surface area contributed by atoms with Crippen LogP contribution in [-0.2, 0) is 24.3 Å². The van der Waals surface area contributed by atoms with Gasteiger partial charge in [-0.05, 0) is 25.0 Å². The summed E-state index contributed by atoms with van der Waals surface area (Å²) in [7, 11) is -3.74. The standard InChI is InChI=1S/C15H16NO6S/c1-11(18)21-10-14-5-4-13(9-22-14)16-23(19,20)15-6-2-12(8-17)3-7-15/h2-9,13-14,16H,10H2,1H3/t13-,14-/m0/s1. The molecule has 1 aromatic rings. The molecule has 0 aliphatic carbocycles. The highest BCUT2D eigenvalue weighted by Crippen LogP contribution is 2.18. The first-order valence-electron chi connectivity index (χ1n) is 6.79. The Kier molecular flexibility index (Phi) is 5.86. The van der Waals surface area contributed by atoms with Gasteiger partial charge in [0.1, 0.15) is 19.5 Å². The highest BCUT2D eigenvalue weighted by atomic mass is 32.2. The smallest absolute Gasteiger partial charge is 0.302 e. The van der Waals surface area contributed by atoms with E-state index in [4.69, 9.17) is 9.47 Å². The zero-order chi connectivity index (χ0) is 16.9. The molecule has 0 unspecified atom stereocenters. The van der Waals surface area contributed by atoms with E-state index in [0.29, 0.717) is 11.8 Å². The minimum absolute atomic E-state index is 0.0481. The van der Waals surface area contributed by atoms with Crippen LogP contribution in [0.15, 0.2) is 29.2 Å². The van der Waals surface area contributed by atoms with Crippen molar-refractivity contribution >= 4 is 22.3 Å². The molecule has 1 aliphatic rings. The van der Waals surface area contributed by atoms with Crippen LogP contribution in [0.3, 0.4) is 0 Å². The number of hydrogen-bond donors (Lipinski definition) is 1. The van der Waals surface area contributed by atoms with Gasteiger partial charge in [-0.3, -0.25) is 9.59 Å². The summed E-state index contributed by atoms with van der Waals surface area (Å²) in [6.07, 6.45) is 3.42. The van der Waals surface area contributed by atoms with E-state index in [1.54, 1.807) is 12.8 Å². The lowest BCUT2D eigenvalue weighted by atomic mass is 10.1. The zero-order valence-corrected chi connectivity index (χ0v) is 13.2. The Morgan fingerprint density at radius 2 is 2.00 bits per heavy atom. The summed E-state index contributed by atoms with van der Waals surface area (Å²) in [6, 6.07) is 4.91. The topological polar surface area (TPSA) is 98.8 Å². The predicted octanol–water partition coefficient (Wildman–Crippen LogP) is 0.678. The molecule has 3 radical (unpaired) electrons. The van der Waals surface area contributed by atoms with Gasteiger partial charge >= 0.3 is 5.97 Å². The summed E-state index contributed by atoms with van der Waals surface area (Å²) in [5.41, 5.74) is 0.393. The molecule has 0 saturated carbocycles. The first-order valence-corrected chi connectivity index (χ1v) is 8.27. The maximum Gasteiger partial charge on any atom is 0.302 e. The van der Waals surface area contributed by atoms with Crippen LogP contribution in [0, 0.1) is 19.4 Å². The average Bonchev–Trinajstić information content (AvgIpc) is 2.54. The fraction of sp³-hybridized carbons (Fsp3) is 0.267. The maximum atomic E-state index is 12.2. The van der Waals surface area contributed by atoms with Crippen LogP contribution in [0.1, 0.15) is 17.3 Å². The largest absolute Gasteiger partial charge is 0.463 e. The summed E-state index contributed by atoms with van der Waals surface area (Å²) in [5, 5.41) is 0. The molecule has 0 spiro atoms. The molecular weight excluding hydrogens is 322 g/mol. The molecular formula is C15H16NO6S. The van der Waals surface area contributed by atoms with Crippen LogP contribution in [0.25, 0.3) is 0 Å². The molecule has 123 valence electrons. The Labute approximate surface area is 135 Å². The van der Waals surface area contributed by atoms with E-state index in [9.17, 15) is 18.0 Å². The molecule has 23 heavy (non-hydrogen) atoms. The summed E-state index contributed by atoms with van der Waals surface area (Å²) in [6.45, 7) is 2.68. The molecule has 1 saturated heterocycles. The van der Waals surface area contributed by atoms with Crippen molar-refractivity contribution in [3.8, 4) is 0 Å². The van der Waals surface area contributed by atoms with Crippen molar-refractivity contribution in [1.29, 1.82) is 0 Å². The van der Waals surface area contributed by atoms with Crippen LogP contribution < -0.4 is 4.72 Å². The van der Waals surface area contributed by atoms with E-state index in [0.717, 1.165) is 0 Å². The first kappa shape index (κ1) is 17.6. The lowest BCUT2D eigenvalue weighted by molar-refractivity contribution is -0.144. The molecule has 0 amide bonds. The highest BCUT2D eigenvalue weighted by molar-refractivity contribution is 7.89. The fourth-order valence-electron chi connectivity index (χ4n) is 1.85. The number of benzene rings is 1. The van der Waals surface area contributed by atoms with Crippen molar-refractivity contribution in [2.45, 2.75) is 24.0 Å². The Balaban J connectivity index is 1.89. The van der Waals surface area contributed by atoms with E-state index in [1.807, 2.05) is 0 Å². The first-order chi connectivity index (χ1) is 10.9. The van der Waals surface area contributed by atoms with Gasteiger partial charge in [-0.25, -0.2) is 13.1 Å². The summed E-state index contributed by atoms with van der Waals surface area (Å²) >= 11 is 0. The van der Waals surface area contributed by atoms with Gasteiger partial charge < -0.3 is 9.47 Å². The third-order valence-corrected chi connectivity index (χ3v) is 4.48. The summed E-state index contributed by atoms with van der Waals surface area (Å²) < 4.78 is 37.0. The predicted molar refractivity (Wildman–Crippen MR) is 80.3 cm³/mol. The second-order valence-electron chi connectivity index (χ2n) is 4.83. The van der Waals surface area contributed by atoms with Crippen molar-refractivity contribution in [3.05, 3.63) is 49.3 Å². The Morgan fingerprint density at radius 1 is 1.30 bits per heavy atom. The number of rotatable bonds is 6. The Hall–Kier alpha value is -1.77. The highest BCUT2D eigenvalue weighted by Gasteiger charge is 2.27. The van der Waals surface area contributed by atoms with E-state index >= 15 is 0 Å². The number of hydrogen-bond acceptors (Lipinski definition) is 6. The monoisotopic (exact) mass is 338 g/mol. The van der Waals surface area contributed by atoms with Gasteiger partial charge in [0, 0.05) is 12.5 Å². The van der Waals surface area contributed by atoms with Gasteiger partial charge in [0.25, 0.3) is 0 Å². The average molecular weight is 338 g/mol. The Bertz CT molecular complexity index is 647. The Morgan fingerprint density at radius 3 is 2.52 bits per heavy atom. The number of ether oxygens (including phenoxy) is 2. The molecule has 1 N–H and O–H groups in total. The minimum atomic E-state index is -3.74. The number of carbonyl (C=O) groups excluding carboxylic acids is 2. The van der Waals surface area contributed by atoms with E-state index in [1.165, 1.54) is 37.8 Å². The quantitative estimate of drug-likeness (QED) is 0.605. The molecule has 2 atom stereocenters. The second kappa shape index (κ2) is 7.67. The fourth-order valence-corrected chi connectivity index (χ4v) is 2.98. The van der Waals surface area contributed by atoms with Crippen molar-refractivity contribution in [1.82, 2.24) is 4.72 Å². The maximum absolute atomic E-state index is 12.2. The molecule has 1 heterocycles. The van der Waals surface area contributed by atoms with E-state index in [2.05, 4.69) is 4.72 Å². The van der Waals surface area contributed by atoms with Crippen molar-refractivity contribution in [3.63, 3.8) is 0 Å². The molecule has 1 aliphatic heterocycles. The molecule has 2 rings (SSSR count). The zero-order valence-electron chi connectivity index (χ0n) is 12.3. The van der Waals surface area contributed by atoms with Crippen LogP contribution in [-0.4, -0.2) is 39.4 Å². The van der Waals surface area contributed by atoms with Crippen LogP contribution in [0.5, 0.6) is 0 Å².